The van der Waals surface area contributed by atoms with Gasteiger partial charge in [-0.05, 0) is 0 Å². The fourth-order valence-electron chi connectivity index (χ4n) is 0.786. The van der Waals surface area contributed by atoms with E-state index in [1.54, 1.807) is 0 Å². The molecule has 0 unspecified atom stereocenters. The van der Waals surface area contributed by atoms with Crippen molar-refractivity contribution < 1.29 is 17.9 Å². The number of hydrogen-bond donors (Lipinski definition) is 2. The predicted molar refractivity (Wildman–Crippen MR) is 51.9 cm³/mol. The number of alkyl halides is 3. The maximum atomic E-state index is 11.6. The molecule has 1 heterocycles. The fraction of sp³-hybridized carbons (Fsp3) is 0.571. The van der Waals surface area contributed by atoms with Crippen LogP contribution in [0.2, 0.25) is 0 Å². The van der Waals surface area contributed by atoms with Gasteiger partial charge >= 0.3 is 6.18 Å². The van der Waals surface area contributed by atoms with Crippen LogP contribution in [0.4, 0.5) is 23.3 Å². The van der Waals surface area contributed by atoms with Gasteiger partial charge in [-0.15, -0.1) is 0 Å². The zero-order chi connectivity index (χ0) is 11.3. The molecule has 8 heteroatoms. The summed E-state index contributed by atoms with van der Waals surface area (Å²) in [6.45, 7) is -0.989. The van der Waals surface area contributed by atoms with Crippen molar-refractivity contribution in [1.29, 1.82) is 0 Å². The third kappa shape index (κ3) is 5.43. The van der Waals surface area contributed by atoms with Crippen molar-refractivity contribution in [2.75, 3.05) is 30.8 Å². The number of nitrogens with two attached hydrogens (primary N) is 1. The molecule has 1 aromatic rings. The number of halogens is 3. The molecule has 0 aliphatic carbocycles. The molecule has 0 aliphatic rings. The highest BCUT2D eigenvalue weighted by atomic mass is 32.1. The molecular formula is C7H10F3N3OS. The van der Waals surface area contributed by atoms with Crippen LogP contribution in [-0.4, -0.2) is 30.9 Å². The van der Waals surface area contributed by atoms with E-state index in [1.165, 1.54) is 17.5 Å². The van der Waals surface area contributed by atoms with Crippen LogP contribution in [0.3, 0.4) is 0 Å². The summed E-state index contributed by atoms with van der Waals surface area (Å²) in [4.78, 5) is 3.87. The topological polar surface area (TPSA) is 60.2 Å². The maximum absolute atomic E-state index is 11.6. The second-order valence-corrected chi connectivity index (χ2v) is 3.72. The third-order valence-corrected chi connectivity index (χ3v) is 2.10. The van der Waals surface area contributed by atoms with Gasteiger partial charge in [-0.2, -0.15) is 13.2 Å². The Morgan fingerprint density at radius 1 is 1.53 bits per heavy atom. The van der Waals surface area contributed by atoms with Crippen LogP contribution in [0.1, 0.15) is 0 Å². The lowest BCUT2D eigenvalue weighted by Crippen LogP contribution is -2.20. The Balaban J connectivity index is 2.07. The molecule has 0 saturated heterocycles. The van der Waals surface area contributed by atoms with Gasteiger partial charge in [0.1, 0.15) is 11.6 Å². The summed E-state index contributed by atoms with van der Waals surface area (Å²) in [5, 5.41) is 3.91. The number of ether oxygens (including phenoxy) is 1. The molecule has 15 heavy (non-hydrogen) atoms. The number of rotatable bonds is 5. The first kappa shape index (κ1) is 12.1. The molecule has 1 aromatic heterocycles. The average Bonchev–Trinajstić information content (AvgIpc) is 2.49. The molecule has 1 rings (SSSR count). The van der Waals surface area contributed by atoms with Crippen molar-refractivity contribution in [2.24, 2.45) is 0 Å². The van der Waals surface area contributed by atoms with E-state index in [9.17, 15) is 13.2 Å². The Labute approximate surface area is 88.3 Å². The van der Waals surface area contributed by atoms with Gasteiger partial charge in [0.25, 0.3) is 0 Å². The van der Waals surface area contributed by atoms with Crippen molar-refractivity contribution in [3.63, 3.8) is 0 Å². The summed E-state index contributed by atoms with van der Waals surface area (Å²) in [6.07, 6.45) is -2.80. The third-order valence-electron chi connectivity index (χ3n) is 1.31. The Kier molecular flexibility index (Phi) is 4.15. The lowest BCUT2D eigenvalue weighted by atomic mass is 10.6. The van der Waals surface area contributed by atoms with E-state index in [0.717, 1.165) is 0 Å². The molecule has 0 fully saturated rings. The van der Waals surface area contributed by atoms with Crippen molar-refractivity contribution >= 4 is 21.5 Å². The second-order valence-electron chi connectivity index (χ2n) is 2.66. The minimum atomic E-state index is -4.27. The SMILES string of the molecule is Nc1cnc(NCCOCC(F)(F)F)s1. The van der Waals surface area contributed by atoms with E-state index in [-0.39, 0.29) is 13.2 Å². The highest BCUT2D eigenvalue weighted by molar-refractivity contribution is 7.19. The average molecular weight is 241 g/mol. The van der Waals surface area contributed by atoms with Gasteiger partial charge in [-0.3, -0.25) is 0 Å². The molecule has 86 valence electrons. The quantitative estimate of drug-likeness (QED) is 0.770. The van der Waals surface area contributed by atoms with E-state index in [4.69, 9.17) is 5.73 Å². The summed E-state index contributed by atoms with van der Waals surface area (Å²) in [7, 11) is 0. The lowest BCUT2D eigenvalue weighted by molar-refractivity contribution is -0.172. The van der Waals surface area contributed by atoms with E-state index >= 15 is 0 Å². The van der Waals surface area contributed by atoms with Crippen LogP contribution in [0.25, 0.3) is 0 Å². The number of nitrogens with zero attached hydrogens (tertiary/aromatic N) is 1. The minimum Gasteiger partial charge on any atom is -0.389 e. The van der Waals surface area contributed by atoms with Gasteiger partial charge in [0.2, 0.25) is 0 Å². The van der Waals surface area contributed by atoms with Gasteiger partial charge in [-0.1, -0.05) is 11.3 Å². The highest BCUT2D eigenvalue weighted by Crippen LogP contribution is 2.19. The van der Waals surface area contributed by atoms with Gasteiger partial charge in [-0.25, -0.2) is 4.98 Å². The smallest absolute Gasteiger partial charge is 0.389 e. The number of nitrogen functional groups attached to an aromatic ring is 1. The summed E-state index contributed by atoms with van der Waals surface area (Å²) in [5.41, 5.74) is 5.40. The van der Waals surface area contributed by atoms with Crippen molar-refractivity contribution in [3.05, 3.63) is 6.20 Å². The Morgan fingerprint density at radius 2 is 2.27 bits per heavy atom. The standard InChI is InChI=1S/C7H10F3N3OS/c8-7(9,10)4-14-2-1-12-6-13-3-5(11)15-6/h3H,1-2,4,11H2,(H,12,13). The summed E-state index contributed by atoms with van der Waals surface area (Å²) in [5.74, 6) is 0. The summed E-state index contributed by atoms with van der Waals surface area (Å²) >= 11 is 1.23. The maximum Gasteiger partial charge on any atom is 0.411 e. The molecular weight excluding hydrogens is 231 g/mol. The largest absolute Gasteiger partial charge is 0.411 e. The molecule has 4 nitrogen and oxygen atoms in total. The predicted octanol–water partition coefficient (Wildman–Crippen LogP) is 1.72. The number of anilines is 2. The van der Waals surface area contributed by atoms with E-state index in [0.29, 0.717) is 10.1 Å². The van der Waals surface area contributed by atoms with Gasteiger partial charge in [0, 0.05) is 6.54 Å². The Bertz CT molecular complexity index is 302. The van der Waals surface area contributed by atoms with Gasteiger partial charge < -0.3 is 15.8 Å². The molecule has 0 amide bonds. The number of hydrogen-bond acceptors (Lipinski definition) is 5. The second kappa shape index (κ2) is 5.17. The monoisotopic (exact) mass is 241 g/mol. The molecule has 0 bridgehead atoms. The van der Waals surface area contributed by atoms with Crippen LogP contribution in [-0.2, 0) is 4.74 Å². The Morgan fingerprint density at radius 3 is 2.80 bits per heavy atom. The van der Waals surface area contributed by atoms with E-state index in [1.807, 2.05) is 0 Å². The zero-order valence-corrected chi connectivity index (χ0v) is 8.49. The van der Waals surface area contributed by atoms with Crippen molar-refractivity contribution in [2.45, 2.75) is 6.18 Å². The molecule has 0 aliphatic heterocycles. The molecule has 0 spiro atoms. The first-order valence-corrected chi connectivity index (χ1v) is 4.89. The normalized spacial score (nSPS) is 11.7. The Hall–Kier alpha value is -1.02. The van der Waals surface area contributed by atoms with Gasteiger partial charge in [0.05, 0.1) is 12.8 Å². The molecule has 0 saturated carbocycles. The zero-order valence-electron chi connectivity index (χ0n) is 7.67. The minimum absolute atomic E-state index is 0.0288. The first-order valence-electron chi connectivity index (χ1n) is 4.07. The summed E-state index contributed by atoms with van der Waals surface area (Å²) in [6, 6.07) is 0. The van der Waals surface area contributed by atoms with Crippen LogP contribution in [0, 0.1) is 0 Å². The fourth-order valence-corrected chi connectivity index (χ4v) is 1.39. The number of thiazole rings is 1. The first-order chi connectivity index (χ1) is 6.97. The van der Waals surface area contributed by atoms with Crippen molar-refractivity contribution in [3.8, 4) is 0 Å². The van der Waals surface area contributed by atoms with Crippen LogP contribution < -0.4 is 11.1 Å². The summed E-state index contributed by atoms with van der Waals surface area (Å²) < 4.78 is 39.3. The lowest BCUT2D eigenvalue weighted by Gasteiger charge is -2.07. The molecule has 0 atom stereocenters. The van der Waals surface area contributed by atoms with Crippen LogP contribution >= 0.6 is 11.3 Å². The highest BCUT2D eigenvalue weighted by Gasteiger charge is 2.27. The molecule has 0 radical (unpaired) electrons. The molecule has 0 aromatic carbocycles. The van der Waals surface area contributed by atoms with Crippen LogP contribution in [0.15, 0.2) is 6.20 Å². The van der Waals surface area contributed by atoms with Crippen LogP contribution in [0.5, 0.6) is 0 Å². The van der Waals surface area contributed by atoms with Crippen molar-refractivity contribution in [1.82, 2.24) is 4.98 Å². The van der Waals surface area contributed by atoms with Gasteiger partial charge in [0.15, 0.2) is 5.13 Å². The molecule has 3 N–H and O–H groups in total. The number of nitrogens with one attached hydrogen (secondary N) is 1. The number of aromatic nitrogens is 1. The van der Waals surface area contributed by atoms with E-state index < -0.39 is 12.8 Å². The van der Waals surface area contributed by atoms with E-state index in [2.05, 4.69) is 15.0 Å².